The molecule has 0 N–H and O–H groups in total. The van der Waals surface area contributed by atoms with Crippen molar-refractivity contribution >= 4 is 61.0 Å². The number of ether oxygens (including phenoxy) is 1. The number of alkyl halides is 2. The molecule has 0 unspecified atom stereocenters. The molecular weight excluding hydrogens is 472 g/mol. The van der Waals surface area contributed by atoms with Gasteiger partial charge in [-0.25, -0.2) is 8.42 Å². The van der Waals surface area contributed by atoms with Gasteiger partial charge in [-0.1, -0.05) is 45.2 Å². The van der Waals surface area contributed by atoms with Crippen molar-refractivity contribution in [2.24, 2.45) is 0 Å². The highest BCUT2D eigenvalue weighted by Crippen LogP contribution is 2.11. The fraction of sp³-hybridized carbons (Fsp3) is 0.889. The van der Waals surface area contributed by atoms with Gasteiger partial charge in [-0.2, -0.15) is 0 Å². The summed E-state index contributed by atoms with van der Waals surface area (Å²) >= 11 is 4.00. The zero-order valence-corrected chi connectivity index (χ0v) is 14.4. The molecule has 0 saturated carbocycles. The molecule has 17 heavy (non-hydrogen) atoms. The minimum absolute atomic E-state index is 0.148. The Morgan fingerprint density at radius 2 is 1.88 bits per heavy atom. The first-order chi connectivity index (χ1) is 7.91. The summed E-state index contributed by atoms with van der Waals surface area (Å²) in [5, 5.41) is 0. The lowest BCUT2D eigenvalue weighted by Crippen LogP contribution is -2.40. The van der Waals surface area contributed by atoms with E-state index in [0.717, 1.165) is 13.0 Å². The number of carbonyl (C=O) groups is 1. The third-order valence-corrected chi connectivity index (χ3v) is 5.10. The molecule has 0 aromatic heterocycles. The van der Waals surface area contributed by atoms with Crippen LogP contribution in [-0.2, 0) is 19.4 Å². The Morgan fingerprint density at radius 1 is 1.29 bits per heavy atom. The molecule has 0 aromatic rings. The van der Waals surface area contributed by atoms with E-state index in [9.17, 15) is 13.2 Å². The summed E-state index contributed by atoms with van der Waals surface area (Å²) in [6.45, 7) is 2.38. The molecule has 1 fully saturated rings. The first-order valence-corrected chi connectivity index (χ1v) is 9.59. The lowest BCUT2D eigenvalue weighted by atomic mass is 10.4. The molecule has 1 aliphatic rings. The van der Waals surface area contributed by atoms with Gasteiger partial charge >= 0.3 is 5.97 Å². The van der Waals surface area contributed by atoms with Crippen LogP contribution in [0.25, 0.3) is 0 Å². The van der Waals surface area contributed by atoms with E-state index in [0.29, 0.717) is 19.7 Å². The van der Waals surface area contributed by atoms with Gasteiger partial charge in [0, 0.05) is 19.6 Å². The average molecular weight is 487 g/mol. The molecule has 0 atom stereocenters. The number of hydrogen-bond acceptors (Lipinski definition) is 5. The van der Waals surface area contributed by atoms with E-state index >= 15 is 0 Å². The smallest absolute Gasteiger partial charge is 0.328 e. The number of hydrogen-bond donors (Lipinski definition) is 0. The van der Waals surface area contributed by atoms with Crippen LogP contribution in [0.1, 0.15) is 6.42 Å². The Balaban J connectivity index is 2.10. The van der Waals surface area contributed by atoms with Crippen LogP contribution >= 0.6 is 45.2 Å². The Bertz CT molecular complexity index is 344. The van der Waals surface area contributed by atoms with Gasteiger partial charge in [0.1, 0.15) is 0 Å². The van der Waals surface area contributed by atoms with Crippen LogP contribution in [0.3, 0.4) is 0 Å². The molecule has 5 nitrogen and oxygen atoms in total. The zero-order valence-electron chi connectivity index (χ0n) is 9.27. The monoisotopic (exact) mass is 487 g/mol. The largest absolute Gasteiger partial charge is 0.464 e. The maximum absolute atomic E-state index is 11.2. The number of halogens is 2. The van der Waals surface area contributed by atoms with Crippen LogP contribution in [0, 0.1) is 0 Å². The predicted octanol–water partition coefficient (Wildman–Crippen LogP) is 0.846. The standard InChI is InChI=1S/C9H15I2NO4S/c10-8(11)9(13)16-5-1-2-12-3-6-17(14,15)7-4-12/h8H,1-7H2. The predicted molar refractivity (Wildman–Crippen MR) is 82.5 cm³/mol. The summed E-state index contributed by atoms with van der Waals surface area (Å²) in [6, 6.07) is 0. The topological polar surface area (TPSA) is 63.7 Å². The number of rotatable bonds is 5. The highest BCUT2D eigenvalue weighted by atomic mass is 127. The quantitative estimate of drug-likeness (QED) is 0.249. The van der Waals surface area contributed by atoms with Crippen LogP contribution in [0.2, 0.25) is 0 Å². The molecule has 0 spiro atoms. The van der Waals surface area contributed by atoms with Crippen molar-refractivity contribution in [3.05, 3.63) is 0 Å². The lowest BCUT2D eigenvalue weighted by Gasteiger charge is -2.26. The number of esters is 1. The van der Waals surface area contributed by atoms with E-state index in [1.807, 2.05) is 45.2 Å². The molecule has 1 saturated heterocycles. The second-order valence-electron chi connectivity index (χ2n) is 3.82. The summed E-state index contributed by atoms with van der Waals surface area (Å²) in [4.78, 5) is 13.2. The van der Waals surface area contributed by atoms with E-state index in [1.54, 1.807) is 0 Å². The van der Waals surface area contributed by atoms with Crippen molar-refractivity contribution in [1.82, 2.24) is 4.90 Å². The summed E-state index contributed by atoms with van der Waals surface area (Å²) < 4.78 is 27.3. The van der Waals surface area contributed by atoms with Gasteiger partial charge in [0.2, 0.25) is 0 Å². The van der Waals surface area contributed by atoms with Gasteiger partial charge < -0.3 is 9.64 Å². The van der Waals surface area contributed by atoms with Gasteiger partial charge in [-0.05, 0) is 6.42 Å². The third-order valence-electron chi connectivity index (χ3n) is 2.48. The molecule has 0 bridgehead atoms. The van der Waals surface area contributed by atoms with E-state index in [1.165, 1.54) is 0 Å². The second-order valence-corrected chi connectivity index (χ2v) is 11.0. The minimum atomic E-state index is -2.80. The van der Waals surface area contributed by atoms with Crippen LogP contribution in [-0.4, -0.2) is 59.0 Å². The molecule has 1 heterocycles. The molecule has 1 rings (SSSR count). The first kappa shape index (κ1) is 15.9. The van der Waals surface area contributed by atoms with Crippen molar-refractivity contribution in [2.75, 3.05) is 37.7 Å². The highest BCUT2D eigenvalue weighted by molar-refractivity contribution is 14.2. The van der Waals surface area contributed by atoms with Crippen molar-refractivity contribution in [3.63, 3.8) is 0 Å². The first-order valence-electron chi connectivity index (χ1n) is 5.28. The Morgan fingerprint density at radius 3 is 2.41 bits per heavy atom. The normalized spacial score (nSPS) is 20.4. The maximum Gasteiger partial charge on any atom is 0.328 e. The highest BCUT2D eigenvalue weighted by Gasteiger charge is 2.21. The fourth-order valence-corrected chi connectivity index (χ4v) is 3.13. The Hall–Kier alpha value is 0.840. The van der Waals surface area contributed by atoms with Gasteiger partial charge in [-0.15, -0.1) is 0 Å². The number of sulfone groups is 1. The van der Waals surface area contributed by atoms with Gasteiger partial charge in [0.05, 0.1) is 18.1 Å². The van der Waals surface area contributed by atoms with E-state index in [4.69, 9.17) is 4.74 Å². The van der Waals surface area contributed by atoms with Crippen molar-refractivity contribution in [2.45, 2.75) is 8.35 Å². The van der Waals surface area contributed by atoms with Crippen LogP contribution in [0.15, 0.2) is 0 Å². The Kier molecular flexibility index (Phi) is 6.95. The molecule has 0 aromatic carbocycles. The second kappa shape index (κ2) is 7.43. The van der Waals surface area contributed by atoms with Crippen molar-refractivity contribution in [1.29, 1.82) is 0 Å². The summed E-state index contributed by atoms with van der Waals surface area (Å²) in [6.07, 6.45) is 0.756. The number of carbonyl (C=O) groups excluding carboxylic acids is 1. The summed E-state index contributed by atoms with van der Waals surface area (Å²) in [7, 11) is -2.80. The van der Waals surface area contributed by atoms with Gasteiger partial charge in [0.15, 0.2) is 11.8 Å². The third kappa shape index (κ3) is 6.53. The van der Waals surface area contributed by atoms with Crippen molar-refractivity contribution < 1.29 is 17.9 Å². The van der Waals surface area contributed by atoms with Gasteiger partial charge in [0.25, 0.3) is 0 Å². The molecular formula is C9H15I2NO4S. The van der Waals surface area contributed by atoms with E-state index in [2.05, 4.69) is 4.90 Å². The molecule has 1 aliphatic heterocycles. The number of nitrogens with zero attached hydrogens (tertiary/aromatic N) is 1. The molecule has 0 amide bonds. The van der Waals surface area contributed by atoms with Crippen LogP contribution < -0.4 is 0 Å². The average Bonchev–Trinajstić information content (AvgIpc) is 2.25. The van der Waals surface area contributed by atoms with Gasteiger partial charge in [-0.3, -0.25) is 4.79 Å². The maximum atomic E-state index is 11.2. The summed E-state index contributed by atoms with van der Waals surface area (Å²) in [5.74, 6) is 0.291. The molecule has 0 aliphatic carbocycles. The zero-order chi connectivity index (χ0) is 12.9. The summed E-state index contributed by atoms with van der Waals surface area (Å²) in [5.41, 5.74) is 0. The van der Waals surface area contributed by atoms with E-state index in [-0.39, 0.29) is 19.4 Å². The molecule has 0 radical (unpaired) electrons. The molecule has 8 heteroatoms. The van der Waals surface area contributed by atoms with Crippen LogP contribution in [0.4, 0.5) is 0 Å². The van der Waals surface area contributed by atoms with E-state index < -0.39 is 9.84 Å². The lowest BCUT2D eigenvalue weighted by molar-refractivity contribution is -0.140. The minimum Gasteiger partial charge on any atom is -0.464 e. The van der Waals surface area contributed by atoms with Crippen LogP contribution in [0.5, 0.6) is 0 Å². The van der Waals surface area contributed by atoms with Crippen molar-refractivity contribution in [3.8, 4) is 0 Å². The Labute approximate surface area is 129 Å². The SMILES string of the molecule is O=C(OCCCN1CCS(=O)(=O)CC1)C(I)I. The fourth-order valence-electron chi connectivity index (χ4n) is 1.50. The molecule has 100 valence electrons.